The molecule has 5 rings (SSSR count). The third-order valence-corrected chi connectivity index (χ3v) is 7.45. The number of piperidine rings is 3. The van der Waals surface area contributed by atoms with Crippen molar-refractivity contribution in [1.82, 2.24) is 0 Å². The van der Waals surface area contributed by atoms with Gasteiger partial charge in [-0.05, 0) is 18.4 Å². The number of ether oxygens (including phenoxy) is 1. The van der Waals surface area contributed by atoms with Crippen LogP contribution in [0.1, 0.15) is 56.9 Å². The molecule has 1 N–H and O–H groups in total. The van der Waals surface area contributed by atoms with E-state index in [1.165, 1.54) is 12.8 Å². The fourth-order valence-electron chi connectivity index (χ4n) is 5.83. The summed E-state index contributed by atoms with van der Waals surface area (Å²) < 4.78 is 6.89. The Morgan fingerprint density at radius 2 is 1.75 bits per heavy atom. The first-order valence-corrected chi connectivity index (χ1v) is 10.9. The van der Waals surface area contributed by atoms with Gasteiger partial charge in [0, 0.05) is 24.7 Å². The largest absolute Gasteiger partial charge is 0.858 e. The zero-order chi connectivity index (χ0) is 19.6. The van der Waals surface area contributed by atoms with Gasteiger partial charge in [0.1, 0.15) is 13.1 Å². The second-order valence-corrected chi connectivity index (χ2v) is 9.20. The number of benzene rings is 1. The smallest absolute Gasteiger partial charge is 0.317 e. The number of hydrogen-bond donors (Lipinski definition) is 1. The zero-order valence-corrected chi connectivity index (χ0v) is 16.7. The first-order chi connectivity index (χ1) is 13.5. The number of carbonyl (C=O) groups excluding carboxylic acids is 1. The molecular formula is C23H32N2O3. The lowest BCUT2D eigenvalue weighted by atomic mass is 9.74. The Morgan fingerprint density at radius 1 is 1.11 bits per heavy atom. The first-order valence-electron chi connectivity index (χ1n) is 10.9. The summed E-state index contributed by atoms with van der Waals surface area (Å²) in [6.07, 6.45) is 8.07. The van der Waals surface area contributed by atoms with Crippen LogP contribution in [0.25, 0.3) is 0 Å². The molecule has 0 spiro atoms. The highest BCUT2D eigenvalue weighted by molar-refractivity contribution is 5.83. The van der Waals surface area contributed by atoms with Crippen LogP contribution in [0, 0.1) is 11.3 Å². The fraction of sp³-hybridized carbons (Fsp3) is 0.652. The second kappa shape index (κ2) is 7.86. The summed E-state index contributed by atoms with van der Waals surface area (Å²) in [5.74, 6) is -0.159. The molecule has 1 aromatic carbocycles. The quantitative estimate of drug-likeness (QED) is 0.279. The van der Waals surface area contributed by atoms with Gasteiger partial charge in [-0.3, -0.25) is 4.79 Å². The summed E-state index contributed by atoms with van der Waals surface area (Å²) in [5.41, 5.74) is 0.563. The van der Waals surface area contributed by atoms with E-state index in [0.29, 0.717) is 16.9 Å². The van der Waals surface area contributed by atoms with Crippen molar-refractivity contribution in [1.29, 1.82) is 5.41 Å². The maximum Gasteiger partial charge on any atom is 0.317 e. The molecule has 0 amide bonds. The molecule has 5 nitrogen and oxygen atoms in total. The van der Waals surface area contributed by atoms with Gasteiger partial charge in [0.15, 0.2) is 6.10 Å². The minimum absolute atomic E-state index is 0.0605. The van der Waals surface area contributed by atoms with Crippen LogP contribution >= 0.6 is 0 Å². The van der Waals surface area contributed by atoms with Gasteiger partial charge in [-0.25, -0.2) is 0 Å². The zero-order valence-electron chi connectivity index (χ0n) is 16.7. The molecule has 5 heteroatoms. The van der Waals surface area contributed by atoms with Crippen LogP contribution in [-0.4, -0.2) is 48.6 Å². The van der Waals surface area contributed by atoms with Crippen molar-refractivity contribution in [2.75, 3.05) is 26.2 Å². The molecule has 2 bridgehead atoms. The van der Waals surface area contributed by atoms with Crippen LogP contribution in [0.3, 0.4) is 0 Å². The molecule has 1 atom stereocenters. The van der Waals surface area contributed by atoms with Gasteiger partial charge in [-0.1, -0.05) is 56.0 Å². The molecule has 4 fully saturated rings. The van der Waals surface area contributed by atoms with Crippen LogP contribution in [0.2, 0.25) is 0 Å². The lowest BCUT2D eigenvalue weighted by Gasteiger charge is -2.52. The number of esters is 1. The predicted octanol–water partition coefficient (Wildman–Crippen LogP) is 2.77. The van der Waals surface area contributed by atoms with Crippen LogP contribution in [0.15, 0.2) is 30.3 Å². The number of rotatable bonds is 5. The Bertz CT molecular complexity index is 702. The fourth-order valence-corrected chi connectivity index (χ4v) is 5.83. The van der Waals surface area contributed by atoms with Gasteiger partial charge in [0.25, 0.3) is 0 Å². The molecule has 0 radical (unpaired) electrons. The molecule has 28 heavy (non-hydrogen) atoms. The monoisotopic (exact) mass is 384 g/mol. The topological polar surface area (TPSA) is 73.2 Å². The number of hydrogen-bond acceptors (Lipinski definition) is 4. The number of carbonyl (C=O) groups is 1. The van der Waals surface area contributed by atoms with Crippen molar-refractivity contribution in [2.24, 2.45) is 5.92 Å². The normalized spacial score (nSPS) is 31.7. The van der Waals surface area contributed by atoms with Crippen molar-refractivity contribution >= 4 is 11.9 Å². The van der Waals surface area contributed by atoms with Crippen LogP contribution < -0.4 is 5.11 Å². The van der Waals surface area contributed by atoms with Gasteiger partial charge < -0.3 is 19.7 Å². The van der Waals surface area contributed by atoms with E-state index in [2.05, 4.69) is 12.1 Å². The van der Waals surface area contributed by atoms with Gasteiger partial charge in [-0.15, -0.1) is 0 Å². The Hall–Kier alpha value is -1.88. The molecule has 3 saturated heterocycles. The second-order valence-electron chi connectivity index (χ2n) is 9.20. The average molecular weight is 385 g/mol. The molecule has 3 heterocycles. The number of quaternary nitrogens is 1. The number of nitrogens with one attached hydrogen (secondary N) is 1. The van der Waals surface area contributed by atoms with Crippen LogP contribution in [0.4, 0.5) is 0 Å². The van der Waals surface area contributed by atoms with Gasteiger partial charge in [0.2, 0.25) is 0 Å². The summed E-state index contributed by atoms with van der Waals surface area (Å²) >= 11 is 0. The predicted molar refractivity (Wildman–Crippen MR) is 106 cm³/mol. The Balaban J connectivity index is 1.56. The lowest BCUT2D eigenvalue weighted by Crippen LogP contribution is -2.66. The van der Waals surface area contributed by atoms with E-state index in [0.717, 1.165) is 57.2 Å². The molecule has 152 valence electrons. The number of fused-ring (bicyclic) bond motifs is 3. The highest BCUT2D eigenvalue weighted by Gasteiger charge is 2.50. The SMILES string of the molecule is N=C([O-])C[N+]12CCC(CC1)[C@@H](OC(=O)C1(c3ccccc3)CCCCCC1)C2. The van der Waals surface area contributed by atoms with Gasteiger partial charge in [0.05, 0.1) is 18.5 Å². The molecule has 3 aliphatic heterocycles. The first kappa shape index (κ1) is 19.4. The van der Waals surface area contributed by atoms with E-state index >= 15 is 0 Å². The van der Waals surface area contributed by atoms with E-state index < -0.39 is 11.3 Å². The summed E-state index contributed by atoms with van der Waals surface area (Å²) in [7, 11) is 0. The van der Waals surface area contributed by atoms with Crippen molar-refractivity contribution in [3.8, 4) is 0 Å². The van der Waals surface area contributed by atoms with E-state index in [9.17, 15) is 9.90 Å². The third kappa shape index (κ3) is 3.69. The van der Waals surface area contributed by atoms with E-state index in [4.69, 9.17) is 10.1 Å². The highest BCUT2D eigenvalue weighted by atomic mass is 16.5. The van der Waals surface area contributed by atoms with Crippen molar-refractivity contribution in [2.45, 2.75) is 62.9 Å². The minimum atomic E-state index is -0.528. The molecular weight excluding hydrogens is 352 g/mol. The maximum absolute atomic E-state index is 13.6. The van der Waals surface area contributed by atoms with Crippen molar-refractivity contribution in [3.05, 3.63) is 35.9 Å². The summed E-state index contributed by atoms with van der Waals surface area (Å²) in [6.45, 7) is 2.83. The maximum atomic E-state index is 13.6. The van der Waals surface area contributed by atoms with E-state index in [-0.39, 0.29) is 18.6 Å². The lowest BCUT2D eigenvalue weighted by molar-refractivity contribution is -0.940. The molecule has 0 unspecified atom stereocenters. The molecule has 1 aromatic rings. The Morgan fingerprint density at radius 3 is 2.36 bits per heavy atom. The standard InChI is InChI=1S/C23H32N2O3/c24-21(26)17-25-14-10-18(11-15-25)20(16-25)28-22(27)23(12-6-1-2-7-13-23)19-8-4-3-5-9-19/h3-5,8-9,18,20H,1-2,6-7,10-17H2,(H-,24,26)/t18?,20-,25?/m0/s1. The summed E-state index contributed by atoms with van der Waals surface area (Å²) in [6, 6.07) is 10.2. The molecule has 1 aliphatic carbocycles. The molecule has 1 saturated carbocycles. The molecule has 4 aliphatic rings. The van der Waals surface area contributed by atoms with Gasteiger partial charge >= 0.3 is 5.97 Å². The minimum Gasteiger partial charge on any atom is -0.858 e. The Kier molecular flexibility index (Phi) is 5.46. The van der Waals surface area contributed by atoms with Gasteiger partial charge in [-0.2, -0.15) is 0 Å². The van der Waals surface area contributed by atoms with Crippen LogP contribution in [-0.2, 0) is 14.9 Å². The van der Waals surface area contributed by atoms with E-state index in [1.54, 1.807) is 0 Å². The number of nitrogens with zero attached hydrogens (tertiary/aromatic N) is 1. The van der Waals surface area contributed by atoms with Crippen molar-refractivity contribution in [3.63, 3.8) is 0 Å². The highest BCUT2D eigenvalue weighted by Crippen LogP contribution is 2.42. The summed E-state index contributed by atoms with van der Waals surface area (Å²) in [5, 5.41) is 18.9. The third-order valence-electron chi connectivity index (χ3n) is 7.45. The average Bonchev–Trinajstić information content (AvgIpc) is 2.96. The summed E-state index contributed by atoms with van der Waals surface area (Å²) in [4.78, 5) is 13.6. The van der Waals surface area contributed by atoms with Crippen LogP contribution in [0.5, 0.6) is 0 Å². The molecule has 0 aromatic heterocycles. The van der Waals surface area contributed by atoms with E-state index in [1.807, 2.05) is 18.2 Å². The Labute approximate surface area is 167 Å². The van der Waals surface area contributed by atoms with Crippen molar-refractivity contribution < 1.29 is 19.1 Å².